The maximum absolute atomic E-state index is 13.9. The molecule has 4 rings (SSSR count). The van der Waals surface area contributed by atoms with Crippen molar-refractivity contribution in [2.45, 2.75) is 26.2 Å². The van der Waals surface area contributed by atoms with Crippen molar-refractivity contribution in [2.24, 2.45) is 0 Å². The fraction of sp³-hybridized carbons (Fsp3) is 0.240. The fourth-order valence-corrected chi connectivity index (χ4v) is 3.71. The number of aryl methyl sites for hydroxylation is 1. The van der Waals surface area contributed by atoms with Crippen LogP contribution >= 0.6 is 0 Å². The molecule has 0 radical (unpaired) electrons. The topological polar surface area (TPSA) is 74.3 Å². The van der Waals surface area contributed by atoms with Gasteiger partial charge in [0.2, 0.25) is 0 Å². The van der Waals surface area contributed by atoms with Gasteiger partial charge in [0.15, 0.2) is 0 Å². The van der Waals surface area contributed by atoms with E-state index in [4.69, 9.17) is 0 Å². The monoisotopic (exact) mass is 432 g/mol. The summed E-state index contributed by atoms with van der Waals surface area (Å²) in [6.45, 7) is 3.81. The van der Waals surface area contributed by atoms with Gasteiger partial charge in [-0.15, -0.1) is 0 Å². The largest absolute Gasteiger partial charge is 0.357 e. The highest BCUT2D eigenvalue weighted by Crippen LogP contribution is 2.22. The Morgan fingerprint density at radius 3 is 2.44 bits per heavy atom. The second kappa shape index (κ2) is 9.60. The highest BCUT2D eigenvalue weighted by atomic mass is 19.1. The van der Waals surface area contributed by atoms with Crippen molar-refractivity contribution < 1.29 is 14.0 Å². The first kappa shape index (κ1) is 21.5. The Kier molecular flexibility index (Phi) is 6.44. The number of hydrogen-bond acceptors (Lipinski definition) is 4. The van der Waals surface area contributed by atoms with Gasteiger partial charge in [-0.1, -0.05) is 18.2 Å². The highest BCUT2D eigenvalue weighted by Gasteiger charge is 2.15. The summed E-state index contributed by atoms with van der Waals surface area (Å²) in [6, 6.07) is 14.5. The number of amides is 2. The van der Waals surface area contributed by atoms with Crippen LogP contribution in [0.4, 0.5) is 21.6 Å². The number of nitrogens with one attached hydrogen (secondary N) is 2. The lowest BCUT2D eigenvalue weighted by Crippen LogP contribution is -2.30. The molecule has 7 heteroatoms. The van der Waals surface area contributed by atoms with Gasteiger partial charge in [-0.25, -0.2) is 9.37 Å². The summed E-state index contributed by atoms with van der Waals surface area (Å²) in [5, 5.41) is 5.53. The molecule has 0 unspecified atom stereocenters. The number of aromatic nitrogens is 1. The summed E-state index contributed by atoms with van der Waals surface area (Å²) in [4.78, 5) is 31.9. The quantitative estimate of drug-likeness (QED) is 0.593. The summed E-state index contributed by atoms with van der Waals surface area (Å²) < 4.78 is 13.9. The Labute approximate surface area is 186 Å². The van der Waals surface area contributed by atoms with E-state index in [1.165, 1.54) is 37.5 Å². The molecular weight excluding hydrogens is 407 g/mol. The van der Waals surface area contributed by atoms with Crippen LogP contribution in [-0.4, -0.2) is 29.9 Å². The molecule has 1 aromatic heterocycles. The van der Waals surface area contributed by atoms with Gasteiger partial charge in [-0.2, -0.15) is 0 Å². The zero-order chi connectivity index (χ0) is 22.5. The number of anilines is 3. The Morgan fingerprint density at radius 2 is 1.72 bits per heavy atom. The second-order valence-electron chi connectivity index (χ2n) is 7.87. The van der Waals surface area contributed by atoms with E-state index < -0.39 is 11.7 Å². The molecule has 1 aliphatic heterocycles. The number of carbonyl (C=O) groups is 2. The van der Waals surface area contributed by atoms with Crippen LogP contribution in [0.5, 0.6) is 0 Å². The summed E-state index contributed by atoms with van der Waals surface area (Å²) in [7, 11) is 0. The van der Waals surface area contributed by atoms with Crippen LogP contribution < -0.4 is 15.5 Å². The molecule has 3 aromatic rings. The average Bonchev–Trinajstić information content (AvgIpc) is 2.81. The molecule has 1 fully saturated rings. The molecule has 32 heavy (non-hydrogen) atoms. The molecule has 0 bridgehead atoms. The number of benzene rings is 2. The van der Waals surface area contributed by atoms with Crippen LogP contribution in [0, 0.1) is 12.7 Å². The number of carbonyl (C=O) groups excluding carboxylic acids is 2. The SMILES string of the molecule is Cc1ccc(C(=O)Nc2ccc(N3CCCCC3)nc2)cc1NC(=O)c1ccccc1F. The lowest BCUT2D eigenvalue weighted by Gasteiger charge is -2.27. The molecule has 164 valence electrons. The predicted octanol–water partition coefficient (Wildman–Crippen LogP) is 5.02. The van der Waals surface area contributed by atoms with Crippen molar-refractivity contribution in [1.82, 2.24) is 4.98 Å². The lowest BCUT2D eigenvalue weighted by molar-refractivity contribution is 0.101. The van der Waals surface area contributed by atoms with Crippen molar-refractivity contribution in [3.05, 3.63) is 83.3 Å². The van der Waals surface area contributed by atoms with E-state index in [9.17, 15) is 14.0 Å². The second-order valence-corrected chi connectivity index (χ2v) is 7.87. The third-order valence-electron chi connectivity index (χ3n) is 5.55. The van der Waals surface area contributed by atoms with E-state index in [0.717, 1.165) is 24.5 Å². The third kappa shape index (κ3) is 4.94. The summed E-state index contributed by atoms with van der Waals surface area (Å²) in [5.74, 6) is -0.576. The van der Waals surface area contributed by atoms with Crippen molar-refractivity contribution >= 4 is 29.0 Å². The number of pyridine rings is 1. The minimum absolute atomic E-state index is 0.0541. The molecule has 1 aliphatic rings. The summed E-state index contributed by atoms with van der Waals surface area (Å²) >= 11 is 0. The van der Waals surface area contributed by atoms with Gasteiger partial charge in [0, 0.05) is 24.3 Å². The van der Waals surface area contributed by atoms with Gasteiger partial charge in [0.25, 0.3) is 11.8 Å². The standard InChI is InChI=1S/C25H25FN4O2/c1-17-9-10-18(15-22(17)29-25(32)20-7-3-4-8-21(20)26)24(31)28-19-11-12-23(27-16-19)30-13-5-2-6-14-30/h3-4,7-12,15-16H,2,5-6,13-14H2,1H3,(H,28,31)(H,29,32). The number of hydrogen-bond donors (Lipinski definition) is 2. The normalized spacial score (nSPS) is 13.5. The van der Waals surface area contributed by atoms with E-state index in [1.807, 2.05) is 19.1 Å². The molecular formula is C25H25FN4O2. The summed E-state index contributed by atoms with van der Waals surface area (Å²) in [5.41, 5.74) is 2.12. The molecule has 0 atom stereocenters. The zero-order valence-corrected chi connectivity index (χ0v) is 17.9. The smallest absolute Gasteiger partial charge is 0.258 e. The first-order valence-electron chi connectivity index (χ1n) is 10.7. The average molecular weight is 432 g/mol. The van der Waals surface area contributed by atoms with Crippen molar-refractivity contribution in [1.29, 1.82) is 0 Å². The van der Waals surface area contributed by atoms with Gasteiger partial charge < -0.3 is 15.5 Å². The van der Waals surface area contributed by atoms with Crippen LogP contribution in [0.25, 0.3) is 0 Å². The van der Waals surface area contributed by atoms with Gasteiger partial charge >= 0.3 is 0 Å². The number of nitrogens with zero attached hydrogens (tertiary/aromatic N) is 2. The van der Waals surface area contributed by atoms with Crippen LogP contribution in [0.3, 0.4) is 0 Å². The molecule has 2 heterocycles. The van der Waals surface area contributed by atoms with Crippen LogP contribution in [-0.2, 0) is 0 Å². The minimum atomic E-state index is -0.600. The lowest BCUT2D eigenvalue weighted by atomic mass is 10.1. The van der Waals surface area contributed by atoms with E-state index in [1.54, 1.807) is 30.5 Å². The molecule has 1 saturated heterocycles. The zero-order valence-electron chi connectivity index (χ0n) is 17.9. The molecule has 0 saturated carbocycles. The van der Waals surface area contributed by atoms with E-state index in [-0.39, 0.29) is 11.5 Å². The fourth-order valence-electron chi connectivity index (χ4n) is 3.71. The summed E-state index contributed by atoms with van der Waals surface area (Å²) in [6.07, 6.45) is 5.24. The Hall–Kier alpha value is -3.74. The molecule has 2 amide bonds. The molecule has 0 spiro atoms. The van der Waals surface area contributed by atoms with Crippen molar-refractivity contribution in [3.63, 3.8) is 0 Å². The third-order valence-corrected chi connectivity index (χ3v) is 5.55. The highest BCUT2D eigenvalue weighted by molar-refractivity contribution is 6.07. The Morgan fingerprint density at radius 1 is 0.938 bits per heavy atom. The van der Waals surface area contributed by atoms with Crippen molar-refractivity contribution in [2.75, 3.05) is 28.6 Å². The Balaban J connectivity index is 1.45. The van der Waals surface area contributed by atoms with Gasteiger partial charge in [-0.05, 0) is 68.1 Å². The van der Waals surface area contributed by atoms with Gasteiger partial charge in [-0.3, -0.25) is 9.59 Å². The van der Waals surface area contributed by atoms with E-state index >= 15 is 0 Å². The van der Waals surface area contributed by atoms with Crippen LogP contribution in [0.15, 0.2) is 60.8 Å². The number of rotatable bonds is 5. The maximum atomic E-state index is 13.9. The maximum Gasteiger partial charge on any atom is 0.258 e. The first-order valence-corrected chi connectivity index (χ1v) is 10.7. The number of halogens is 1. The number of piperidine rings is 1. The van der Waals surface area contributed by atoms with Gasteiger partial charge in [0.05, 0.1) is 17.4 Å². The molecule has 6 nitrogen and oxygen atoms in total. The van der Waals surface area contributed by atoms with Crippen LogP contribution in [0.1, 0.15) is 45.5 Å². The minimum Gasteiger partial charge on any atom is -0.357 e. The van der Waals surface area contributed by atoms with E-state index in [2.05, 4.69) is 20.5 Å². The van der Waals surface area contributed by atoms with Gasteiger partial charge in [0.1, 0.15) is 11.6 Å². The molecule has 0 aliphatic carbocycles. The molecule has 2 aromatic carbocycles. The first-order chi connectivity index (χ1) is 15.5. The van der Waals surface area contributed by atoms with E-state index in [0.29, 0.717) is 16.9 Å². The molecule has 2 N–H and O–H groups in total. The Bertz CT molecular complexity index is 1130. The predicted molar refractivity (Wildman–Crippen MR) is 124 cm³/mol. The van der Waals surface area contributed by atoms with Crippen molar-refractivity contribution in [3.8, 4) is 0 Å². The van der Waals surface area contributed by atoms with Crippen LogP contribution in [0.2, 0.25) is 0 Å².